The van der Waals surface area contributed by atoms with Crippen molar-refractivity contribution in [1.29, 1.82) is 0 Å². The Balaban J connectivity index is 2.24. The van der Waals surface area contributed by atoms with Crippen molar-refractivity contribution < 1.29 is 0 Å². The number of halogens is 1. The van der Waals surface area contributed by atoms with Crippen LogP contribution in [0.1, 0.15) is 11.4 Å². The molecule has 3 aromatic rings. The van der Waals surface area contributed by atoms with Crippen LogP contribution in [0, 0.1) is 13.8 Å². The fourth-order valence-electron chi connectivity index (χ4n) is 2.32. The van der Waals surface area contributed by atoms with E-state index < -0.39 is 0 Å². The zero-order valence-corrected chi connectivity index (χ0v) is 14.7. The summed E-state index contributed by atoms with van der Waals surface area (Å²) in [5, 5.41) is 9.08. The third kappa shape index (κ3) is 3.18. The van der Waals surface area contributed by atoms with Crippen molar-refractivity contribution in [3.05, 3.63) is 52.8 Å². The Morgan fingerprint density at radius 3 is 2.27 bits per heavy atom. The summed E-state index contributed by atoms with van der Waals surface area (Å²) < 4.78 is 0.564. The molecule has 0 unspecified atom stereocenters. The monoisotopic (exact) mass is 370 g/mol. The van der Waals surface area contributed by atoms with Gasteiger partial charge in [-0.25, -0.2) is 0 Å². The summed E-state index contributed by atoms with van der Waals surface area (Å²) in [5.41, 5.74) is 5.23. The van der Waals surface area contributed by atoms with Gasteiger partial charge < -0.3 is 0 Å². The quantitative estimate of drug-likeness (QED) is 0.651. The summed E-state index contributed by atoms with van der Waals surface area (Å²) in [6.45, 7) is 3.92. The zero-order valence-electron chi connectivity index (χ0n) is 12.1. The van der Waals surface area contributed by atoms with E-state index in [4.69, 9.17) is 11.6 Å². The molecule has 0 atom stereocenters. The molecule has 0 aliphatic rings. The first-order chi connectivity index (χ1) is 10.5. The van der Waals surface area contributed by atoms with E-state index in [0.717, 1.165) is 33.9 Å². The topological polar surface area (TPSA) is 51.6 Å². The van der Waals surface area contributed by atoms with Gasteiger partial charge in [-0.3, -0.25) is 0 Å². The SMILES string of the molecule is Cc1cc(-c2nnc([As])nc2-c2cccc(Cl)c2)cc(C)n1. The molecule has 0 bridgehead atoms. The van der Waals surface area contributed by atoms with Gasteiger partial charge >= 0.3 is 142 Å². The first-order valence-corrected chi connectivity index (χ1v) is 8.00. The summed E-state index contributed by atoms with van der Waals surface area (Å²) >= 11 is 8.42. The van der Waals surface area contributed by atoms with E-state index in [1.54, 1.807) is 0 Å². The average molecular weight is 371 g/mol. The Morgan fingerprint density at radius 2 is 1.59 bits per heavy atom. The summed E-state index contributed by atoms with van der Waals surface area (Å²) in [7, 11) is 0. The van der Waals surface area contributed by atoms with Crippen LogP contribution in [0.3, 0.4) is 0 Å². The normalized spacial score (nSPS) is 10.7. The predicted octanol–water partition coefficient (Wildman–Crippen LogP) is 2.66. The van der Waals surface area contributed by atoms with Gasteiger partial charge in [0, 0.05) is 0 Å². The molecule has 0 fully saturated rings. The fourth-order valence-corrected chi connectivity index (χ4v) is 2.81. The molecule has 0 aliphatic carbocycles. The Labute approximate surface area is 142 Å². The van der Waals surface area contributed by atoms with Crippen molar-refractivity contribution in [3.8, 4) is 22.5 Å². The van der Waals surface area contributed by atoms with Crippen LogP contribution < -0.4 is 4.61 Å². The van der Waals surface area contributed by atoms with Gasteiger partial charge in [0.1, 0.15) is 0 Å². The number of aromatic nitrogens is 4. The Bertz CT molecular complexity index is 831. The Morgan fingerprint density at radius 1 is 0.864 bits per heavy atom. The summed E-state index contributed by atoms with van der Waals surface area (Å²) in [6.07, 6.45) is 0. The molecule has 3 rings (SSSR count). The Kier molecular flexibility index (Phi) is 4.23. The molecular formula is C16H12AsClN4. The number of hydrogen-bond acceptors (Lipinski definition) is 4. The van der Waals surface area contributed by atoms with Crippen molar-refractivity contribution in [2.75, 3.05) is 0 Å². The zero-order chi connectivity index (χ0) is 15.7. The van der Waals surface area contributed by atoms with Crippen LogP contribution >= 0.6 is 11.6 Å². The maximum absolute atomic E-state index is 6.11. The van der Waals surface area contributed by atoms with Crippen molar-refractivity contribution in [2.24, 2.45) is 0 Å². The molecule has 0 spiro atoms. The molecule has 108 valence electrons. The van der Waals surface area contributed by atoms with Gasteiger partial charge in [0.15, 0.2) is 0 Å². The molecule has 1 aromatic carbocycles. The van der Waals surface area contributed by atoms with E-state index in [1.807, 2.05) is 50.2 Å². The molecule has 0 aliphatic heterocycles. The second-order valence-electron chi connectivity index (χ2n) is 4.96. The maximum atomic E-state index is 6.11. The van der Waals surface area contributed by atoms with E-state index in [0.29, 0.717) is 9.63 Å². The van der Waals surface area contributed by atoms with E-state index in [-0.39, 0.29) is 0 Å². The molecular weight excluding hydrogens is 359 g/mol. The molecule has 4 nitrogen and oxygen atoms in total. The van der Waals surface area contributed by atoms with Crippen molar-refractivity contribution in [2.45, 2.75) is 13.8 Å². The van der Waals surface area contributed by atoms with Crippen LogP contribution in [0.15, 0.2) is 36.4 Å². The minimum absolute atomic E-state index is 0.564. The average Bonchev–Trinajstić information content (AvgIpc) is 2.46. The number of aryl methyl sites for hydroxylation is 2. The molecule has 0 saturated heterocycles. The van der Waals surface area contributed by atoms with Crippen molar-refractivity contribution in [3.63, 3.8) is 0 Å². The van der Waals surface area contributed by atoms with Gasteiger partial charge in [0.2, 0.25) is 0 Å². The summed E-state index contributed by atoms with van der Waals surface area (Å²) in [5.74, 6) is 0. The van der Waals surface area contributed by atoms with Gasteiger partial charge in [0.05, 0.1) is 0 Å². The van der Waals surface area contributed by atoms with Gasteiger partial charge in [-0.15, -0.1) is 0 Å². The van der Waals surface area contributed by atoms with Crippen LogP contribution in [-0.4, -0.2) is 37.0 Å². The molecule has 22 heavy (non-hydrogen) atoms. The standard InChI is InChI=1S/C16H12AsClN4/c1-9-6-12(7-10(2)19-9)15-14(20-16(17)22-21-15)11-4-3-5-13(18)8-11/h3-8H,1-2H3. The van der Waals surface area contributed by atoms with Crippen LogP contribution in [-0.2, 0) is 0 Å². The van der Waals surface area contributed by atoms with E-state index in [9.17, 15) is 0 Å². The third-order valence-electron chi connectivity index (χ3n) is 3.13. The second-order valence-corrected chi connectivity index (χ2v) is 6.23. The second kappa shape index (κ2) is 6.15. The molecule has 2 radical (unpaired) electrons. The van der Waals surface area contributed by atoms with Gasteiger partial charge in [-0.05, 0) is 0 Å². The first kappa shape index (κ1) is 15.1. The summed E-state index contributed by atoms with van der Waals surface area (Å²) in [4.78, 5) is 8.94. The van der Waals surface area contributed by atoms with Gasteiger partial charge in [0.25, 0.3) is 0 Å². The van der Waals surface area contributed by atoms with Gasteiger partial charge in [-0.2, -0.15) is 0 Å². The van der Waals surface area contributed by atoms with Crippen molar-refractivity contribution >= 4 is 33.1 Å². The third-order valence-corrected chi connectivity index (χ3v) is 3.76. The minimum atomic E-state index is 0.564. The number of benzene rings is 1. The van der Waals surface area contributed by atoms with E-state index >= 15 is 0 Å². The first-order valence-electron chi connectivity index (χ1n) is 6.68. The molecule has 0 N–H and O–H groups in total. The van der Waals surface area contributed by atoms with Crippen LogP contribution in [0.5, 0.6) is 0 Å². The van der Waals surface area contributed by atoms with Crippen LogP contribution in [0.4, 0.5) is 0 Å². The molecule has 2 aromatic heterocycles. The predicted molar refractivity (Wildman–Crippen MR) is 88.4 cm³/mol. The summed E-state index contributed by atoms with van der Waals surface area (Å²) in [6, 6.07) is 11.5. The molecule has 0 saturated carbocycles. The number of rotatable bonds is 2. The van der Waals surface area contributed by atoms with Crippen LogP contribution in [0.2, 0.25) is 5.02 Å². The molecule has 0 amide bonds. The fraction of sp³-hybridized carbons (Fsp3) is 0.125. The number of nitrogens with zero attached hydrogens (tertiary/aromatic N) is 4. The van der Waals surface area contributed by atoms with Gasteiger partial charge in [-0.1, -0.05) is 0 Å². The van der Waals surface area contributed by atoms with E-state index in [1.165, 1.54) is 0 Å². The van der Waals surface area contributed by atoms with E-state index in [2.05, 4.69) is 37.0 Å². The van der Waals surface area contributed by atoms with Crippen LogP contribution in [0.25, 0.3) is 22.5 Å². The molecule has 2 heterocycles. The Hall–Kier alpha value is -1.77. The number of hydrogen-bond donors (Lipinski definition) is 0. The molecule has 6 heteroatoms. The number of pyridine rings is 1. The van der Waals surface area contributed by atoms with Crippen molar-refractivity contribution in [1.82, 2.24) is 20.2 Å².